The van der Waals surface area contributed by atoms with E-state index < -0.39 is 16.4 Å². The second kappa shape index (κ2) is 5.24. The summed E-state index contributed by atoms with van der Waals surface area (Å²) in [5.74, 6) is -0.411. The Morgan fingerprint density at radius 2 is 2.32 bits per heavy atom. The lowest BCUT2D eigenvalue weighted by Crippen LogP contribution is -2.51. The number of non-ortho nitro benzene ring substituents is 1. The molecule has 102 valence electrons. The van der Waals surface area contributed by atoms with Crippen molar-refractivity contribution in [1.82, 2.24) is 0 Å². The van der Waals surface area contributed by atoms with Crippen molar-refractivity contribution in [3.05, 3.63) is 32.8 Å². The molecule has 0 aliphatic carbocycles. The third-order valence-corrected chi connectivity index (χ3v) is 3.60. The van der Waals surface area contributed by atoms with E-state index in [1.165, 1.54) is 18.2 Å². The number of hydrogen-bond donors (Lipinski definition) is 2. The van der Waals surface area contributed by atoms with Crippen molar-refractivity contribution < 1.29 is 14.5 Å². The second-order valence-corrected chi connectivity index (χ2v) is 5.19. The van der Waals surface area contributed by atoms with Crippen LogP contribution < -0.4 is 11.1 Å². The summed E-state index contributed by atoms with van der Waals surface area (Å²) in [5, 5.41) is 13.3. The zero-order valence-corrected chi connectivity index (χ0v) is 11.5. The molecule has 0 radical (unpaired) electrons. The molecule has 2 rings (SSSR count). The third-order valence-electron chi connectivity index (χ3n) is 2.91. The van der Waals surface area contributed by atoms with Crippen LogP contribution in [0.4, 0.5) is 11.4 Å². The summed E-state index contributed by atoms with van der Waals surface area (Å²) in [6.45, 7) is 0.575. The second-order valence-electron chi connectivity index (χ2n) is 4.33. The Hall–Kier alpha value is -1.51. The fraction of sp³-hybridized carbons (Fsp3) is 0.364. The van der Waals surface area contributed by atoms with Gasteiger partial charge in [-0.2, -0.15) is 0 Å². The standard InChI is InChI=1S/C11H12BrN3O4/c12-8-2-1-7(15(17)18)5-9(8)14-10(16)11(13)3-4-19-6-11/h1-2,5H,3-4,6,13H2,(H,14,16). The van der Waals surface area contributed by atoms with Crippen molar-refractivity contribution in [2.45, 2.75) is 12.0 Å². The Morgan fingerprint density at radius 1 is 1.58 bits per heavy atom. The number of carbonyl (C=O) groups excluding carboxylic acids is 1. The molecule has 1 heterocycles. The molecule has 1 saturated heterocycles. The monoisotopic (exact) mass is 329 g/mol. The molecule has 1 aromatic carbocycles. The lowest BCUT2D eigenvalue weighted by Gasteiger charge is -2.20. The quantitative estimate of drug-likeness (QED) is 0.644. The lowest BCUT2D eigenvalue weighted by molar-refractivity contribution is -0.384. The number of anilines is 1. The van der Waals surface area contributed by atoms with Gasteiger partial charge >= 0.3 is 0 Å². The fourth-order valence-corrected chi connectivity index (χ4v) is 2.07. The van der Waals surface area contributed by atoms with Crippen molar-refractivity contribution in [2.24, 2.45) is 5.73 Å². The molecule has 0 bridgehead atoms. The van der Waals surface area contributed by atoms with Crippen molar-refractivity contribution in [3.8, 4) is 0 Å². The van der Waals surface area contributed by atoms with Gasteiger partial charge in [0.25, 0.3) is 5.69 Å². The number of nitrogens with one attached hydrogen (secondary N) is 1. The maximum Gasteiger partial charge on any atom is 0.271 e. The minimum absolute atomic E-state index is 0.104. The summed E-state index contributed by atoms with van der Waals surface area (Å²) >= 11 is 3.22. The highest BCUT2D eigenvalue weighted by atomic mass is 79.9. The van der Waals surface area contributed by atoms with Gasteiger partial charge in [0, 0.05) is 23.2 Å². The van der Waals surface area contributed by atoms with Gasteiger partial charge in [0.1, 0.15) is 5.54 Å². The SMILES string of the molecule is NC1(C(=O)Nc2cc([N+](=O)[O-])ccc2Br)CCOC1. The van der Waals surface area contributed by atoms with Crippen LogP contribution in [0.5, 0.6) is 0 Å². The number of nitrogens with zero attached hydrogens (tertiary/aromatic N) is 1. The molecule has 1 amide bonds. The van der Waals surface area contributed by atoms with Crippen LogP contribution in [0.15, 0.2) is 22.7 Å². The van der Waals surface area contributed by atoms with E-state index in [0.29, 0.717) is 23.2 Å². The molecule has 0 spiro atoms. The van der Waals surface area contributed by atoms with E-state index in [1.807, 2.05) is 0 Å². The molecule has 0 aromatic heterocycles. The highest BCUT2D eigenvalue weighted by molar-refractivity contribution is 9.10. The average molecular weight is 330 g/mol. The first-order valence-electron chi connectivity index (χ1n) is 5.54. The molecule has 1 atom stereocenters. The maximum atomic E-state index is 12.1. The summed E-state index contributed by atoms with van der Waals surface area (Å²) in [6, 6.07) is 4.12. The smallest absolute Gasteiger partial charge is 0.271 e. The minimum atomic E-state index is -1.08. The molecule has 7 nitrogen and oxygen atoms in total. The van der Waals surface area contributed by atoms with Crippen molar-refractivity contribution in [2.75, 3.05) is 18.5 Å². The van der Waals surface area contributed by atoms with E-state index >= 15 is 0 Å². The zero-order chi connectivity index (χ0) is 14.0. The van der Waals surface area contributed by atoms with Crippen LogP contribution in [0.3, 0.4) is 0 Å². The Labute approximate surface area is 117 Å². The van der Waals surface area contributed by atoms with Crippen molar-refractivity contribution in [3.63, 3.8) is 0 Å². The van der Waals surface area contributed by atoms with Gasteiger partial charge in [-0.25, -0.2) is 0 Å². The van der Waals surface area contributed by atoms with Crippen molar-refractivity contribution >= 4 is 33.2 Å². The van der Waals surface area contributed by atoms with Crippen LogP contribution in [0, 0.1) is 10.1 Å². The van der Waals surface area contributed by atoms with E-state index in [1.54, 1.807) is 0 Å². The number of carbonyl (C=O) groups is 1. The Balaban J connectivity index is 2.20. The predicted octanol–water partition coefficient (Wildman–Crippen LogP) is 1.41. The molecule has 1 aromatic rings. The molecule has 3 N–H and O–H groups in total. The number of rotatable bonds is 3. The molecule has 0 saturated carbocycles. The zero-order valence-electron chi connectivity index (χ0n) is 9.89. The largest absolute Gasteiger partial charge is 0.379 e. The number of halogens is 1. The maximum absolute atomic E-state index is 12.1. The Bertz CT molecular complexity index is 529. The first kappa shape index (κ1) is 13.9. The average Bonchev–Trinajstić information content (AvgIpc) is 2.80. The van der Waals surface area contributed by atoms with Gasteiger partial charge in [0.15, 0.2) is 0 Å². The fourth-order valence-electron chi connectivity index (χ4n) is 1.73. The Kier molecular flexibility index (Phi) is 3.83. The molecule has 1 unspecified atom stereocenters. The number of nitro groups is 1. The van der Waals surface area contributed by atoms with Crippen molar-refractivity contribution in [1.29, 1.82) is 0 Å². The topological polar surface area (TPSA) is 107 Å². The molecular formula is C11H12BrN3O4. The molecule has 1 aliphatic rings. The van der Waals surface area contributed by atoms with Gasteiger partial charge in [-0.05, 0) is 28.4 Å². The van der Waals surface area contributed by atoms with Crippen LogP contribution in [0.1, 0.15) is 6.42 Å². The van der Waals surface area contributed by atoms with Gasteiger partial charge in [-0.3, -0.25) is 14.9 Å². The van der Waals surface area contributed by atoms with Gasteiger partial charge in [0.05, 0.1) is 17.2 Å². The van der Waals surface area contributed by atoms with Gasteiger partial charge in [-0.1, -0.05) is 0 Å². The number of hydrogen-bond acceptors (Lipinski definition) is 5. The summed E-state index contributed by atoms with van der Waals surface area (Å²) in [4.78, 5) is 22.2. The van der Waals surface area contributed by atoms with E-state index in [9.17, 15) is 14.9 Å². The molecule has 1 fully saturated rings. The highest BCUT2D eigenvalue weighted by Gasteiger charge is 2.38. The third kappa shape index (κ3) is 2.91. The number of ether oxygens (including phenoxy) is 1. The molecule has 1 aliphatic heterocycles. The van der Waals surface area contributed by atoms with Gasteiger partial charge < -0.3 is 15.8 Å². The lowest BCUT2D eigenvalue weighted by atomic mass is 9.99. The molecular weight excluding hydrogens is 318 g/mol. The number of benzene rings is 1. The van der Waals surface area contributed by atoms with Gasteiger partial charge in [-0.15, -0.1) is 0 Å². The van der Waals surface area contributed by atoms with Crippen LogP contribution >= 0.6 is 15.9 Å². The van der Waals surface area contributed by atoms with Crippen LogP contribution in [-0.2, 0) is 9.53 Å². The summed E-state index contributed by atoms with van der Waals surface area (Å²) in [5.41, 5.74) is 5.04. The van der Waals surface area contributed by atoms with Gasteiger partial charge in [0.2, 0.25) is 5.91 Å². The van der Waals surface area contributed by atoms with Crippen LogP contribution in [0.25, 0.3) is 0 Å². The van der Waals surface area contributed by atoms with E-state index in [4.69, 9.17) is 10.5 Å². The number of nitrogens with two attached hydrogens (primary N) is 1. The predicted molar refractivity (Wildman–Crippen MR) is 71.8 cm³/mol. The number of nitro benzene ring substituents is 1. The number of amides is 1. The summed E-state index contributed by atoms with van der Waals surface area (Å²) < 4.78 is 5.66. The molecule has 19 heavy (non-hydrogen) atoms. The first-order chi connectivity index (χ1) is 8.92. The minimum Gasteiger partial charge on any atom is -0.379 e. The van der Waals surface area contributed by atoms with Crippen LogP contribution in [-0.4, -0.2) is 29.6 Å². The Morgan fingerprint density at radius 3 is 2.89 bits per heavy atom. The van der Waals surface area contributed by atoms with E-state index in [0.717, 1.165) is 0 Å². The normalized spacial score (nSPS) is 22.2. The first-order valence-corrected chi connectivity index (χ1v) is 6.34. The van der Waals surface area contributed by atoms with E-state index in [2.05, 4.69) is 21.2 Å². The van der Waals surface area contributed by atoms with Crippen LogP contribution in [0.2, 0.25) is 0 Å². The summed E-state index contributed by atoms with van der Waals surface area (Å²) in [7, 11) is 0. The molecule has 8 heteroatoms. The highest BCUT2D eigenvalue weighted by Crippen LogP contribution is 2.28. The van der Waals surface area contributed by atoms with E-state index in [-0.39, 0.29) is 12.3 Å². The summed E-state index contributed by atoms with van der Waals surface area (Å²) in [6.07, 6.45) is 0.422.